The van der Waals surface area contributed by atoms with Gasteiger partial charge < -0.3 is 9.84 Å². The Morgan fingerprint density at radius 1 is 1.61 bits per heavy atom. The highest BCUT2D eigenvalue weighted by Gasteiger charge is 2.39. The summed E-state index contributed by atoms with van der Waals surface area (Å²) in [5, 5.41) is 8.86. The van der Waals surface area contributed by atoms with E-state index in [-0.39, 0.29) is 19.8 Å². The number of aliphatic hydroxyl groups excluding tert-OH is 1. The fourth-order valence-electron chi connectivity index (χ4n) is 1.86. The highest BCUT2D eigenvalue weighted by Crippen LogP contribution is 2.21. The van der Waals surface area contributed by atoms with E-state index in [2.05, 4.69) is 4.72 Å². The first kappa shape index (κ1) is 15.4. The fourth-order valence-corrected chi connectivity index (χ4v) is 3.48. The maximum absolute atomic E-state index is 12.0. The second-order valence-corrected chi connectivity index (χ2v) is 5.88. The first-order valence-electron chi connectivity index (χ1n) is 5.99. The lowest BCUT2D eigenvalue weighted by molar-refractivity contribution is -0.146. The van der Waals surface area contributed by atoms with Crippen LogP contribution in [0.4, 0.5) is 0 Å². The van der Waals surface area contributed by atoms with Gasteiger partial charge in [0.15, 0.2) is 0 Å². The van der Waals surface area contributed by atoms with Crippen LogP contribution in [0.25, 0.3) is 0 Å². The van der Waals surface area contributed by atoms with Gasteiger partial charge in [0.2, 0.25) is 0 Å². The van der Waals surface area contributed by atoms with Crippen LogP contribution in [0.5, 0.6) is 0 Å². The fraction of sp³-hybridized carbons (Fsp3) is 0.900. The molecule has 2 N–H and O–H groups in total. The van der Waals surface area contributed by atoms with E-state index in [1.807, 2.05) is 0 Å². The molecule has 0 saturated carbocycles. The second kappa shape index (κ2) is 6.46. The van der Waals surface area contributed by atoms with Gasteiger partial charge in [-0.15, -0.1) is 0 Å². The lowest BCUT2D eigenvalue weighted by Crippen LogP contribution is -2.49. The Labute approximate surface area is 107 Å². The number of hydrogen-bond acceptors (Lipinski definition) is 5. The zero-order valence-corrected chi connectivity index (χ0v) is 11.4. The van der Waals surface area contributed by atoms with Gasteiger partial charge in [-0.05, 0) is 26.7 Å². The van der Waals surface area contributed by atoms with Crippen LogP contribution in [0, 0.1) is 0 Å². The average Bonchev–Trinajstić information content (AvgIpc) is 2.78. The van der Waals surface area contributed by atoms with Gasteiger partial charge in [0.1, 0.15) is 6.04 Å². The molecule has 0 aliphatic carbocycles. The SMILES string of the molecule is CCOC(=O)C1CCCN1S(=O)(=O)N[C@H](C)CO. The molecule has 0 radical (unpaired) electrons. The number of nitrogens with zero attached hydrogens (tertiary/aromatic N) is 1. The first-order valence-corrected chi connectivity index (χ1v) is 7.43. The van der Waals surface area contributed by atoms with Crippen molar-refractivity contribution in [2.45, 2.75) is 38.8 Å². The molecular formula is C10H20N2O5S. The van der Waals surface area contributed by atoms with E-state index in [1.54, 1.807) is 13.8 Å². The maximum atomic E-state index is 12.0. The van der Waals surface area contributed by atoms with Gasteiger partial charge in [-0.1, -0.05) is 0 Å². The predicted octanol–water partition coefficient (Wildman–Crippen LogP) is -0.771. The first-order chi connectivity index (χ1) is 8.42. The summed E-state index contributed by atoms with van der Waals surface area (Å²) in [7, 11) is -3.76. The van der Waals surface area contributed by atoms with Crippen molar-refractivity contribution < 1.29 is 23.1 Å². The van der Waals surface area contributed by atoms with Crippen LogP contribution in [0.15, 0.2) is 0 Å². The normalized spacial score (nSPS) is 22.9. The van der Waals surface area contributed by atoms with Crippen molar-refractivity contribution in [3.05, 3.63) is 0 Å². The van der Waals surface area contributed by atoms with Gasteiger partial charge in [-0.2, -0.15) is 17.4 Å². The summed E-state index contributed by atoms with van der Waals surface area (Å²) in [4.78, 5) is 11.7. The molecular weight excluding hydrogens is 260 g/mol. The Kier molecular flexibility index (Phi) is 5.51. The van der Waals surface area contributed by atoms with E-state index in [1.165, 1.54) is 0 Å². The highest BCUT2D eigenvalue weighted by molar-refractivity contribution is 7.87. The van der Waals surface area contributed by atoms with Crippen molar-refractivity contribution in [2.75, 3.05) is 19.8 Å². The molecule has 106 valence electrons. The highest BCUT2D eigenvalue weighted by atomic mass is 32.2. The molecule has 0 bridgehead atoms. The summed E-state index contributed by atoms with van der Waals surface area (Å²) < 4.78 is 32.3. The van der Waals surface area contributed by atoms with Gasteiger partial charge in [0.25, 0.3) is 10.2 Å². The number of aliphatic hydroxyl groups is 1. The molecule has 1 saturated heterocycles. The third kappa shape index (κ3) is 3.64. The second-order valence-electron chi connectivity index (χ2n) is 4.23. The third-order valence-corrected chi connectivity index (χ3v) is 4.45. The van der Waals surface area contributed by atoms with Crippen molar-refractivity contribution in [1.82, 2.24) is 9.03 Å². The summed E-state index contributed by atoms with van der Waals surface area (Å²) >= 11 is 0. The van der Waals surface area contributed by atoms with Crippen molar-refractivity contribution >= 4 is 16.2 Å². The monoisotopic (exact) mass is 280 g/mol. The van der Waals surface area contributed by atoms with Crippen LogP contribution in [-0.2, 0) is 19.7 Å². The van der Waals surface area contributed by atoms with E-state index in [9.17, 15) is 13.2 Å². The molecule has 0 aromatic carbocycles. The quantitative estimate of drug-likeness (QED) is 0.623. The van der Waals surface area contributed by atoms with Crippen molar-refractivity contribution in [1.29, 1.82) is 0 Å². The van der Waals surface area contributed by atoms with E-state index in [0.717, 1.165) is 4.31 Å². The Morgan fingerprint density at radius 3 is 2.83 bits per heavy atom. The number of carbonyl (C=O) groups is 1. The van der Waals surface area contributed by atoms with Crippen LogP contribution in [0.3, 0.4) is 0 Å². The van der Waals surface area contributed by atoms with Crippen LogP contribution < -0.4 is 4.72 Å². The van der Waals surface area contributed by atoms with Gasteiger partial charge in [0, 0.05) is 12.6 Å². The molecule has 1 aliphatic heterocycles. The lowest BCUT2D eigenvalue weighted by Gasteiger charge is -2.24. The molecule has 0 amide bonds. The summed E-state index contributed by atoms with van der Waals surface area (Å²) in [6, 6.07) is -1.34. The summed E-state index contributed by atoms with van der Waals surface area (Å²) in [5.41, 5.74) is 0. The summed E-state index contributed by atoms with van der Waals surface area (Å²) in [6.07, 6.45) is 1.09. The zero-order valence-electron chi connectivity index (χ0n) is 10.6. The molecule has 8 heteroatoms. The molecule has 1 heterocycles. The number of nitrogens with one attached hydrogen (secondary N) is 1. The molecule has 0 aromatic rings. The minimum Gasteiger partial charge on any atom is -0.465 e. The minimum atomic E-state index is -3.76. The third-order valence-electron chi connectivity index (χ3n) is 2.70. The van der Waals surface area contributed by atoms with Crippen LogP contribution >= 0.6 is 0 Å². The average molecular weight is 280 g/mol. The topological polar surface area (TPSA) is 95.9 Å². The van der Waals surface area contributed by atoms with E-state index in [0.29, 0.717) is 12.8 Å². The molecule has 2 atom stereocenters. The Balaban J connectivity index is 2.77. The lowest BCUT2D eigenvalue weighted by atomic mass is 10.2. The molecule has 1 rings (SSSR count). The number of carbonyl (C=O) groups excluding carboxylic acids is 1. The molecule has 1 fully saturated rings. The van der Waals surface area contributed by atoms with Crippen molar-refractivity contribution in [2.24, 2.45) is 0 Å². The standard InChI is InChI=1S/C10H20N2O5S/c1-3-17-10(14)9-5-4-6-12(9)18(15,16)11-8(2)7-13/h8-9,11,13H,3-7H2,1-2H3/t8-,9?/m1/s1. The van der Waals surface area contributed by atoms with Crippen molar-refractivity contribution in [3.63, 3.8) is 0 Å². The molecule has 7 nitrogen and oxygen atoms in total. The maximum Gasteiger partial charge on any atom is 0.324 e. The molecule has 1 unspecified atom stereocenters. The van der Waals surface area contributed by atoms with Crippen LogP contribution in [-0.4, -0.2) is 55.6 Å². The van der Waals surface area contributed by atoms with Crippen LogP contribution in [0.1, 0.15) is 26.7 Å². The minimum absolute atomic E-state index is 0.226. The predicted molar refractivity (Wildman–Crippen MR) is 65.0 cm³/mol. The van der Waals surface area contributed by atoms with Gasteiger partial charge in [-0.3, -0.25) is 4.79 Å². The Hall–Kier alpha value is -0.700. The van der Waals surface area contributed by atoms with Gasteiger partial charge in [-0.25, -0.2) is 0 Å². The smallest absolute Gasteiger partial charge is 0.324 e. The van der Waals surface area contributed by atoms with E-state index < -0.39 is 28.3 Å². The summed E-state index contributed by atoms with van der Waals surface area (Å²) in [6.45, 7) is 3.45. The van der Waals surface area contributed by atoms with E-state index in [4.69, 9.17) is 9.84 Å². The van der Waals surface area contributed by atoms with Crippen molar-refractivity contribution in [3.8, 4) is 0 Å². The van der Waals surface area contributed by atoms with Crippen LogP contribution in [0.2, 0.25) is 0 Å². The van der Waals surface area contributed by atoms with Gasteiger partial charge >= 0.3 is 5.97 Å². The Bertz CT molecular complexity index is 384. The van der Waals surface area contributed by atoms with E-state index >= 15 is 0 Å². The molecule has 1 aliphatic rings. The molecule has 0 aromatic heterocycles. The number of hydrogen-bond donors (Lipinski definition) is 2. The molecule has 18 heavy (non-hydrogen) atoms. The largest absolute Gasteiger partial charge is 0.465 e. The molecule has 0 spiro atoms. The Morgan fingerprint density at radius 2 is 2.28 bits per heavy atom. The summed E-state index contributed by atoms with van der Waals surface area (Å²) in [5.74, 6) is -0.517. The number of ether oxygens (including phenoxy) is 1. The van der Waals surface area contributed by atoms with Gasteiger partial charge in [0.05, 0.1) is 13.2 Å². The number of esters is 1. The number of rotatable bonds is 6. The zero-order chi connectivity index (χ0) is 13.8.